The molecule has 1 unspecified atom stereocenters. The van der Waals surface area contributed by atoms with Crippen molar-refractivity contribution >= 4 is 27.3 Å². The largest absolute Gasteiger partial charge is 0.428 e. The van der Waals surface area contributed by atoms with Gasteiger partial charge in [0, 0.05) is 10.6 Å². The molecule has 190 valence electrons. The fourth-order valence-electron chi connectivity index (χ4n) is 3.83. The fraction of sp³-hybridized carbons (Fsp3) is 0.333. The Kier molecular flexibility index (Phi) is 5.94. The van der Waals surface area contributed by atoms with Crippen molar-refractivity contribution in [3.8, 4) is 0 Å². The van der Waals surface area contributed by atoms with Gasteiger partial charge in [-0.3, -0.25) is 10.3 Å². The maximum Gasteiger partial charge on any atom is 0.428 e. The Bertz CT molecular complexity index is 1290. The number of alkyl halides is 7. The molecule has 0 radical (unpaired) electrons. The van der Waals surface area contributed by atoms with Crippen molar-refractivity contribution < 1.29 is 44.0 Å². The molecule has 2 aliphatic rings. The molecular formula is C21H16ClF7N2O3S. The zero-order valence-electron chi connectivity index (χ0n) is 17.6. The van der Waals surface area contributed by atoms with Gasteiger partial charge in [0.2, 0.25) is 15.6 Å². The first-order valence-corrected chi connectivity index (χ1v) is 12.0. The third-order valence-electron chi connectivity index (χ3n) is 5.78. The number of nitrogens with zero attached hydrogens (tertiary/aromatic N) is 1. The normalized spacial score (nSPS) is 22.9. The average Bonchev–Trinajstić information content (AvgIpc) is 3.17. The van der Waals surface area contributed by atoms with Crippen LogP contribution in [-0.4, -0.2) is 38.2 Å². The van der Waals surface area contributed by atoms with Crippen LogP contribution in [0.15, 0.2) is 48.5 Å². The van der Waals surface area contributed by atoms with Crippen molar-refractivity contribution in [2.45, 2.75) is 23.6 Å². The number of benzene rings is 2. The molecule has 5 nitrogen and oxygen atoms in total. The molecule has 2 aromatic rings. The number of nitrogens with one attached hydrogen (secondary N) is 1. The van der Waals surface area contributed by atoms with E-state index in [0.717, 1.165) is 16.6 Å². The smallest absolute Gasteiger partial charge is 0.265 e. The van der Waals surface area contributed by atoms with Gasteiger partial charge in [-0.15, -0.1) is 0 Å². The number of hydroxylamine groups is 1. The van der Waals surface area contributed by atoms with Crippen LogP contribution in [0.3, 0.4) is 0 Å². The number of sulfonamides is 1. The Morgan fingerprint density at radius 3 is 2.11 bits per heavy atom. The Morgan fingerprint density at radius 2 is 1.60 bits per heavy atom. The molecule has 0 aromatic heterocycles. The van der Waals surface area contributed by atoms with Crippen molar-refractivity contribution in [3.05, 3.63) is 75.8 Å². The van der Waals surface area contributed by atoms with Crippen LogP contribution in [-0.2, 0) is 32.3 Å². The summed E-state index contributed by atoms with van der Waals surface area (Å²) in [6.07, 6.45) is -8.61. The van der Waals surface area contributed by atoms with E-state index >= 15 is 0 Å². The quantitative estimate of drug-likeness (QED) is 0.542. The summed E-state index contributed by atoms with van der Waals surface area (Å²) in [5, 5.41) is -0.565. The standard InChI is InChI=1S/C21H16ClF7N2O3S/c1-35(32,33)31-10-18(23,11-31)13-4-2-12(3-5-13)17-9-19(34-30-17,21(27,28)29)14-6-15(20(24,25)26)8-16(22)7-14/h2-9,30H,10-11H2,1H3. The first kappa shape index (κ1) is 25.7. The fourth-order valence-corrected chi connectivity index (χ4v) is 4.94. The lowest BCUT2D eigenvalue weighted by Crippen LogP contribution is -2.58. The van der Waals surface area contributed by atoms with Gasteiger partial charge in [0.25, 0.3) is 0 Å². The van der Waals surface area contributed by atoms with E-state index in [1.807, 2.05) is 0 Å². The summed E-state index contributed by atoms with van der Waals surface area (Å²) in [5.41, 5.74) is -5.39. The molecule has 2 aromatic carbocycles. The maximum atomic E-state index is 15.0. The molecule has 1 atom stereocenters. The van der Waals surface area contributed by atoms with Gasteiger partial charge in [-0.05, 0) is 35.4 Å². The van der Waals surface area contributed by atoms with E-state index in [1.165, 1.54) is 24.3 Å². The van der Waals surface area contributed by atoms with Crippen molar-refractivity contribution in [1.82, 2.24) is 9.79 Å². The molecule has 0 saturated carbocycles. The number of halogens is 8. The lowest BCUT2D eigenvalue weighted by Gasteiger charge is -2.43. The predicted molar refractivity (Wildman–Crippen MR) is 112 cm³/mol. The molecule has 2 aliphatic heterocycles. The molecule has 1 N–H and O–H groups in total. The third-order valence-corrected chi connectivity index (χ3v) is 7.20. The van der Waals surface area contributed by atoms with Crippen molar-refractivity contribution in [1.29, 1.82) is 0 Å². The van der Waals surface area contributed by atoms with Crippen LogP contribution < -0.4 is 5.48 Å². The second-order valence-corrected chi connectivity index (χ2v) is 10.7. The highest BCUT2D eigenvalue weighted by molar-refractivity contribution is 7.88. The van der Waals surface area contributed by atoms with Gasteiger partial charge in [-0.1, -0.05) is 35.9 Å². The molecule has 1 fully saturated rings. The molecule has 2 heterocycles. The number of hydrogen-bond donors (Lipinski definition) is 1. The highest BCUT2D eigenvalue weighted by Crippen LogP contribution is 2.49. The zero-order valence-corrected chi connectivity index (χ0v) is 19.2. The van der Waals surface area contributed by atoms with E-state index in [0.29, 0.717) is 18.2 Å². The van der Waals surface area contributed by atoms with Crippen LogP contribution in [0.4, 0.5) is 30.7 Å². The van der Waals surface area contributed by atoms with Crippen LogP contribution in [0.5, 0.6) is 0 Å². The lowest BCUT2D eigenvalue weighted by molar-refractivity contribution is -0.269. The van der Waals surface area contributed by atoms with Crippen LogP contribution >= 0.6 is 11.6 Å². The Balaban J connectivity index is 1.68. The van der Waals surface area contributed by atoms with E-state index in [-0.39, 0.29) is 16.8 Å². The van der Waals surface area contributed by atoms with E-state index in [9.17, 15) is 39.2 Å². The van der Waals surface area contributed by atoms with Crippen LogP contribution in [0, 0.1) is 0 Å². The van der Waals surface area contributed by atoms with Crippen molar-refractivity contribution in [3.63, 3.8) is 0 Å². The SMILES string of the molecule is CS(=O)(=O)N1CC(F)(c2ccc(C3=CC(c4cc(Cl)cc(C(F)(F)F)c4)(C(F)(F)F)ON3)cc2)C1. The summed E-state index contributed by atoms with van der Waals surface area (Å²) in [7, 11) is -3.56. The molecule has 0 bridgehead atoms. The van der Waals surface area contributed by atoms with Crippen molar-refractivity contribution in [2.75, 3.05) is 19.3 Å². The average molecular weight is 545 g/mol. The maximum absolute atomic E-state index is 15.0. The van der Waals surface area contributed by atoms with Gasteiger partial charge >= 0.3 is 12.4 Å². The molecule has 35 heavy (non-hydrogen) atoms. The zero-order chi connectivity index (χ0) is 26.0. The van der Waals surface area contributed by atoms with Crippen LogP contribution in [0.1, 0.15) is 22.3 Å². The van der Waals surface area contributed by atoms with Gasteiger partial charge in [-0.25, -0.2) is 12.8 Å². The lowest BCUT2D eigenvalue weighted by atomic mass is 9.88. The highest BCUT2D eigenvalue weighted by Gasteiger charge is 2.60. The van der Waals surface area contributed by atoms with Crippen LogP contribution in [0.2, 0.25) is 5.02 Å². The summed E-state index contributed by atoms with van der Waals surface area (Å²) >= 11 is 5.68. The second-order valence-electron chi connectivity index (χ2n) is 8.30. The van der Waals surface area contributed by atoms with Gasteiger partial charge in [0.1, 0.15) is 0 Å². The first-order chi connectivity index (χ1) is 15.9. The molecular weight excluding hydrogens is 529 g/mol. The number of rotatable bonds is 4. The molecule has 0 aliphatic carbocycles. The number of hydrogen-bond acceptors (Lipinski definition) is 4. The summed E-state index contributed by atoms with van der Waals surface area (Å²) in [5.74, 6) is 0. The van der Waals surface area contributed by atoms with Crippen LogP contribution in [0.25, 0.3) is 5.70 Å². The third kappa shape index (κ3) is 4.61. The van der Waals surface area contributed by atoms with Gasteiger partial charge in [0.15, 0.2) is 5.67 Å². The Hall–Kier alpha value is -2.35. The summed E-state index contributed by atoms with van der Waals surface area (Å²) in [4.78, 5) is 4.82. The van der Waals surface area contributed by atoms with E-state index in [2.05, 4.69) is 5.48 Å². The molecule has 14 heteroatoms. The predicted octanol–water partition coefficient (Wildman–Crippen LogP) is 5.13. The summed E-state index contributed by atoms with van der Waals surface area (Å²) in [6, 6.07) is 6.67. The Morgan fingerprint density at radius 1 is 1.00 bits per heavy atom. The Labute approximate surface area is 200 Å². The van der Waals surface area contributed by atoms with Gasteiger partial charge < -0.3 is 0 Å². The molecule has 4 rings (SSSR count). The first-order valence-electron chi connectivity index (χ1n) is 9.81. The minimum atomic E-state index is -5.18. The van der Waals surface area contributed by atoms with Gasteiger partial charge in [-0.2, -0.15) is 30.6 Å². The minimum Gasteiger partial charge on any atom is -0.265 e. The molecule has 0 spiro atoms. The molecule has 0 amide bonds. The highest BCUT2D eigenvalue weighted by atomic mass is 35.5. The minimum absolute atomic E-state index is 0.118. The van der Waals surface area contributed by atoms with Crippen molar-refractivity contribution in [2.24, 2.45) is 0 Å². The summed E-state index contributed by atoms with van der Waals surface area (Å²) in [6.45, 7) is -0.800. The van der Waals surface area contributed by atoms with E-state index in [1.54, 1.807) is 0 Å². The molecule has 1 saturated heterocycles. The van der Waals surface area contributed by atoms with E-state index < -0.39 is 62.9 Å². The van der Waals surface area contributed by atoms with E-state index in [4.69, 9.17) is 16.4 Å². The topological polar surface area (TPSA) is 58.6 Å². The second kappa shape index (κ2) is 8.08. The monoisotopic (exact) mass is 544 g/mol. The van der Waals surface area contributed by atoms with Gasteiger partial charge in [0.05, 0.1) is 30.6 Å². The summed E-state index contributed by atoms with van der Waals surface area (Å²) < 4.78 is 121.